The lowest BCUT2D eigenvalue weighted by molar-refractivity contribution is 0.102. The third kappa shape index (κ3) is 5.48. The van der Waals surface area contributed by atoms with Gasteiger partial charge >= 0.3 is 0 Å². The number of benzene rings is 3. The average Bonchev–Trinajstić information content (AvgIpc) is 2.74. The average molecular weight is 493 g/mol. The van der Waals surface area contributed by atoms with Gasteiger partial charge in [-0.3, -0.25) is 9.52 Å². The molecule has 0 bridgehead atoms. The van der Waals surface area contributed by atoms with Crippen molar-refractivity contribution in [1.82, 2.24) is 0 Å². The van der Waals surface area contributed by atoms with Crippen LogP contribution >= 0.6 is 11.6 Å². The van der Waals surface area contributed by atoms with Crippen molar-refractivity contribution in [3.63, 3.8) is 0 Å². The molecule has 1 amide bonds. The van der Waals surface area contributed by atoms with E-state index in [0.717, 1.165) is 0 Å². The van der Waals surface area contributed by atoms with E-state index >= 15 is 0 Å². The molecule has 10 heteroatoms. The number of sulfone groups is 1. The number of nitrogens with one attached hydrogen (secondary N) is 2. The van der Waals surface area contributed by atoms with Crippen molar-refractivity contribution in [2.24, 2.45) is 0 Å². The number of amides is 1. The van der Waals surface area contributed by atoms with Crippen LogP contribution in [0.3, 0.4) is 0 Å². The Morgan fingerprint density at radius 3 is 2.22 bits per heavy atom. The summed E-state index contributed by atoms with van der Waals surface area (Å²) in [6, 6.07) is 16.4. The molecule has 0 aliphatic carbocycles. The smallest absolute Gasteiger partial charge is 0.262 e. The van der Waals surface area contributed by atoms with Crippen molar-refractivity contribution in [3.8, 4) is 0 Å². The molecule has 7 nitrogen and oxygen atoms in total. The van der Waals surface area contributed by atoms with E-state index in [4.69, 9.17) is 11.6 Å². The predicted molar refractivity (Wildman–Crippen MR) is 126 cm³/mol. The van der Waals surface area contributed by atoms with E-state index in [9.17, 15) is 21.6 Å². The van der Waals surface area contributed by atoms with E-state index in [2.05, 4.69) is 10.0 Å². The molecule has 3 rings (SSSR count). The van der Waals surface area contributed by atoms with Crippen molar-refractivity contribution >= 4 is 48.7 Å². The SMILES string of the molecule is CCS(=O)(=O)c1ccc(C(=O)Nc2ccc(C)c(S(=O)(=O)Nc3cccc(Cl)c3)c2)cc1. The molecule has 2 N–H and O–H groups in total. The molecular weight excluding hydrogens is 472 g/mol. The Kier molecular flexibility index (Phi) is 6.92. The number of carbonyl (C=O) groups excluding carboxylic acids is 1. The molecule has 0 saturated heterocycles. The fraction of sp³-hybridized carbons (Fsp3) is 0.136. The Morgan fingerprint density at radius 1 is 0.906 bits per heavy atom. The lowest BCUT2D eigenvalue weighted by atomic mass is 10.2. The van der Waals surface area contributed by atoms with Crippen LogP contribution in [0.4, 0.5) is 11.4 Å². The molecule has 168 valence electrons. The van der Waals surface area contributed by atoms with Gasteiger partial charge in [0, 0.05) is 16.3 Å². The standard InChI is InChI=1S/C22H21ClN2O5S2/c1-3-31(27,28)20-11-8-16(9-12-20)22(26)24-18-10-7-15(2)21(14-18)32(29,30)25-19-6-4-5-17(23)13-19/h4-14,25H,3H2,1-2H3,(H,24,26). The Hall–Kier alpha value is -2.88. The van der Waals surface area contributed by atoms with Crippen LogP contribution in [-0.4, -0.2) is 28.5 Å². The van der Waals surface area contributed by atoms with Crippen LogP contribution in [0, 0.1) is 6.92 Å². The summed E-state index contributed by atoms with van der Waals surface area (Å²) in [4.78, 5) is 12.7. The number of aryl methyl sites for hydroxylation is 1. The fourth-order valence-corrected chi connectivity index (χ4v) is 5.31. The monoisotopic (exact) mass is 492 g/mol. The van der Waals surface area contributed by atoms with Gasteiger partial charge in [0.1, 0.15) is 0 Å². The van der Waals surface area contributed by atoms with Crippen LogP contribution in [0.25, 0.3) is 0 Å². The summed E-state index contributed by atoms with van der Waals surface area (Å²) in [5.74, 6) is -0.539. The minimum atomic E-state index is -3.94. The van der Waals surface area contributed by atoms with Crippen LogP contribution in [0.15, 0.2) is 76.5 Å². The van der Waals surface area contributed by atoms with Gasteiger partial charge in [0.2, 0.25) is 0 Å². The van der Waals surface area contributed by atoms with E-state index in [-0.39, 0.29) is 26.8 Å². The van der Waals surface area contributed by atoms with Gasteiger partial charge in [-0.05, 0) is 67.1 Å². The van der Waals surface area contributed by atoms with Gasteiger partial charge in [0.05, 0.1) is 21.2 Å². The summed E-state index contributed by atoms with van der Waals surface area (Å²) in [5.41, 5.74) is 1.32. The quantitative estimate of drug-likeness (QED) is 0.504. The summed E-state index contributed by atoms with van der Waals surface area (Å²) < 4.78 is 52.1. The van der Waals surface area contributed by atoms with E-state index in [1.807, 2.05) is 0 Å². The third-order valence-corrected chi connectivity index (χ3v) is 8.18. The summed E-state index contributed by atoms with van der Waals surface area (Å²) in [5, 5.41) is 3.03. The molecule has 0 fully saturated rings. The molecule has 3 aromatic carbocycles. The van der Waals surface area contributed by atoms with Crippen molar-refractivity contribution in [2.75, 3.05) is 15.8 Å². The molecule has 0 aliphatic heterocycles. The maximum absolute atomic E-state index is 12.9. The van der Waals surface area contributed by atoms with Gasteiger partial charge < -0.3 is 5.32 Å². The van der Waals surface area contributed by atoms with Gasteiger partial charge in [0.25, 0.3) is 15.9 Å². The van der Waals surface area contributed by atoms with E-state index in [0.29, 0.717) is 16.3 Å². The lowest BCUT2D eigenvalue weighted by Crippen LogP contribution is -2.16. The molecule has 0 saturated carbocycles. The molecule has 0 spiro atoms. The first-order valence-electron chi connectivity index (χ1n) is 9.55. The molecule has 0 atom stereocenters. The zero-order chi connectivity index (χ0) is 23.5. The van der Waals surface area contributed by atoms with Gasteiger partial charge in [0.15, 0.2) is 9.84 Å². The minimum absolute atomic E-state index is 0.000312. The molecule has 0 radical (unpaired) electrons. The molecule has 3 aromatic rings. The van der Waals surface area contributed by atoms with E-state index < -0.39 is 25.8 Å². The summed E-state index contributed by atoms with van der Waals surface area (Å²) in [7, 11) is -7.30. The van der Waals surface area contributed by atoms with Gasteiger partial charge in [-0.1, -0.05) is 30.7 Å². The Morgan fingerprint density at radius 2 is 1.59 bits per heavy atom. The highest BCUT2D eigenvalue weighted by atomic mass is 35.5. The van der Waals surface area contributed by atoms with Crippen molar-refractivity contribution < 1.29 is 21.6 Å². The molecule has 0 aromatic heterocycles. The Balaban J connectivity index is 1.83. The zero-order valence-corrected chi connectivity index (χ0v) is 19.7. The molecule has 0 aliphatic rings. The van der Waals surface area contributed by atoms with E-state index in [1.165, 1.54) is 36.4 Å². The number of halogens is 1. The highest BCUT2D eigenvalue weighted by molar-refractivity contribution is 7.92. The molecule has 0 unspecified atom stereocenters. The number of anilines is 2. The second kappa shape index (κ2) is 9.32. The third-order valence-electron chi connectivity index (χ3n) is 4.67. The number of rotatable bonds is 7. The summed E-state index contributed by atoms with van der Waals surface area (Å²) in [6.45, 7) is 3.19. The lowest BCUT2D eigenvalue weighted by Gasteiger charge is -2.13. The molecular formula is C22H21ClN2O5S2. The van der Waals surface area contributed by atoms with Crippen LogP contribution in [-0.2, 0) is 19.9 Å². The number of carbonyl (C=O) groups is 1. The Bertz CT molecular complexity index is 1370. The second-order valence-corrected chi connectivity index (χ2v) is 11.3. The fourth-order valence-electron chi connectivity index (χ4n) is 2.91. The first kappa shape index (κ1) is 23.8. The summed E-state index contributed by atoms with van der Waals surface area (Å²) in [6.07, 6.45) is 0. The van der Waals surface area contributed by atoms with Crippen LogP contribution in [0.2, 0.25) is 5.02 Å². The maximum Gasteiger partial charge on any atom is 0.262 e. The maximum atomic E-state index is 12.9. The topological polar surface area (TPSA) is 109 Å². The second-order valence-electron chi connectivity index (χ2n) is 6.98. The normalized spacial score (nSPS) is 11.7. The van der Waals surface area contributed by atoms with Crippen molar-refractivity contribution in [3.05, 3.63) is 82.9 Å². The van der Waals surface area contributed by atoms with Gasteiger partial charge in [-0.25, -0.2) is 16.8 Å². The first-order chi connectivity index (χ1) is 15.0. The van der Waals surface area contributed by atoms with Gasteiger partial charge in [-0.2, -0.15) is 0 Å². The number of sulfonamides is 1. The highest BCUT2D eigenvalue weighted by Gasteiger charge is 2.19. The predicted octanol–water partition coefficient (Wildman–Crippen LogP) is 4.50. The Labute approximate surface area is 192 Å². The zero-order valence-electron chi connectivity index (χ0n) is 17.3. The van der Waals surface area contributed by atoms with Crippen molar-refractivity contribution in [1.29, 1.82) is 0 Å². The largest absolute Gasteiger partial charge is 0.322 e. The van der Waals surface area contributed by atoms with Crippen LogP contribution in [0.5, 0.6) is 0 Å². The summed E-state index contributed by atoms with van der Waals surface area (Å²) >= 11 is 5.92. The first-order valence-corrected chi connectivity index (χ1v) is 13.1. The number of hydrogen-bond donors (Lipinski definition) is 2. The van der Waals surface area contributed by atoms with Crippen molar-refractivity contribution in [2.45, 2.75) is 23.6 Å². The minimum Gasteiger partial charge on any atom is -0.322 e. The molecule has 32 heavy (non-hydrogen) atoms. The van der Waals surface area contributed by atoms with Crippen LogP contribution < -0.4 is 10.0 Å². The van der Waals surface area contributed by atoms with Gasteiger partial charge in [-0.15, -0.1) is 0 Å². The van der Waals surface area contributed by atoms with E-state index in [1.54, 1.807) is 44.2 Å². The van der Waals surface area contributed by atoms with Crippen LogP contribution in [0.1, 0.15) is 22.8 Å². The molecule has 0 heterocycles. The number of hydrogen-bond acceptors (Lipinski definition) is 5. The highest BCUT2D eigenvalue weighted by Crippen LogP contribution is 2.25.